The van der Waals surface area contributed by atoms with Gasteiger partial charge in [-0.25, -0.2) is 0 Å². The van der Waals surface area contributed by atoms with Gasteiger partial charge in [0.25, 0.3) is 0 Å². The van der Waals surface area contributed by atoms with Crippen LogP contribution < -0.4 is 0 Å². The molecule has 0 spiro atoms. The van der Waals surface area contributed by atoms with E-state index in [0.29, 0.717) is 17.3 Å². The zero-order valence-corrected chi connectivity index (χ0v) is 14.3. The van der Waals surface area contributed by atoms with Gasteiger partial charge in [-0.15, -0.1) is 0 Å². The summed E-state index contributed by atoms with van der Waals surface area (Å²) in [6.07, 6.45) is 3.65. The lowest BCUT2D eigenvalue weighted by Gasteiger charge is -2.27. The van der Waals surface area contributed by atoms with Gasteiger partial charge in [0.05, 0.1) is 12.7 Å². The maximum absolute atomic E-state index is 6.06. The molecule has 3 unspecified atom stereocenters. The lowest BCUT2D eigenvalue weighted by molar-refractivity contribution is -0.0499. The summed E-state index contributed by atoms with van der Waals surface area (Å²) in [5, 5.41) is 0. The van der Waals surface area contributed by atoms with Gasteiger partial charge in [0, 0.05) is 13.2 Å². The van der Waals surface area contributed by atoms with E-state index < -0.39 is 0 Å². The van der Waals surface area contributed by atoms with E-state index in [2.05, 4.69) is 48.5 Å². The minimum atomic E-state index is 0.234. The number of rotatable bonds is 10. The molecule has 0 aromatic heterocycles. The molecule has 19 heavy (non-hydrogen) atoms. The zero-order chi connectivity index (χ0) is 14.9. The van der Waals surface area contributed by atoms with E-state index in [1.807, 2.05) is 0 Å². The Balaban J connectivity index is 4.10. The van der Waals surface area contributed by atoms with Crippen molar-refractivity contribution in [3.05, 3.63) is 0 Å². The number of ether oxygens (including phenoxy) is 2. The Morgan fingerprint density at radius 3 is 1.84 bits per heavy atom. The molecule has 0 radical (unpaired) electrons. The van der Waals surface area contributed by atoms with Crippen LogP contribution in [-0.4, -0.2) is 25.9 Å². The van der Waals surface area contributed by atoms with Crippen molar-refractivity contribution in [2.75, 3.05) is 19.8 Å². The second-order valence-electron chi connectivity index (χ2n) is 7.28. The van der Waals surface area contributed by atoms with E-state index in [0.717, 1.165) is 26.2 Å². The van der Waals surface area contributed by atoms with Crippen LogP contribution in [0.5, 0.6) is 0 Å². The van der Waals surface area contributed by atoms with E-state index in [1.165, 1.54) is 12.8 Å². The predicted octanol–water partition coefficient (Wildman–Crippen LogP) is 4.92. The number of hydrogen-bond donors (Lipinski definition) is 0. The molecule has 3 atom stereocenters. The Hall–Kier alpha value is -0.0800. The molecule has 0 heterocycles. The molecular weight excluding hydrogens is 236 g/mol. The standard InChI is InChI=1S/C17H36O2/c1-8-14(3)11-18-13-16(10-17(5,6)7)19-12-15(4)9-2/h14-16H,8-13H2,1-7H3. The van der Waals surface area contributed by atoms with E-state index in [9.17, 15) is 0 Å². The van der Waals surface area contributed by atoms with Crippen molar-refractivity contribution in [1.29, 1.82) is 0 Å². The summed E-state index contributed by atoms with van der Waals surface area (Å²) >= 11 is 0. The van der Waals surface area contributed by atoms with Gasteiger partial charge in [0.15, 0.2) is 0 Å². The third-order valence-corrected chi connectivity index (χ3v) is 3.56. The van der Waals surface area contributed by atoms with E-state index in [1.54, 1.807) is 0 Å². The Morgan fingerprint density at radius 1 is 0.842 bits per heavy atom. The molecule has 0 saturated carbocycles. The van der Waals surface area contributed by atoms with Crippen LogP contribution in [0.3, 0.4) is 0 Å². The van der Waals surface area contributed by atoms with Crippen LogP contribution >= 0.6 is 0 Å². The first-order chi connectivity index (χ1) is 8.78. The Morgan fingerprint density at radius 2 is 1.37 bits per heavy atom. The maximum Gasteiger partial charge on any atom is 0.0813 e. The van der Waals surface area contributed by atoms with Crippen molar-refractivity contribution in [2.45, 2.75) is 73.8 Å². The van der Waals surface area contributed by atoms with Gasteiger partial charge >= 0.3 is 0 Å². The van der Waals surface area contributed by atoms with Crippen molar-refractivity contribution in [2.24, 2.45) is 17.3 Å². The molecule has 0 bridgehead atoms. The third-order valence-electron chi connectivity index (χ3n) is 3.56. The van der Waals surface area contributed by atoms with Gasteiger partial charge in [0.2, 0.25) is 0 Å². The molecule has 0 aliphatic carbocycles. The number of hydrogen-bond acceptors (Lipinski definition) is 2. The molecule has 0 aliphatic heterocycles. The van der Waals surface area contributed by atoms with Gasteiger partial charge in [-0.3, -0.25) is 0 Å². The molecule has 2 nitrogen and oxygen atoms in total. The van der Waals surface area contributed by atoms with Gasteiger partial charge in [-0.1, -0.05) is 61.3 Å². The highest BCUT2D eigenvalue weighted by Gasteiger charge is 2.20. The fourth-order valence-electron chi connectivity index (χ4n) is 1.79. The van der Waals surface area contributed by atoms with Crippen LogP contribution in [0, 0.1) is 17.3 Å². The van der Waals surface area contributed by atoms with Crippen LogP contribution in [-0.2, 0) is 9.47 Å². The highest BCUT2D eigenvalue weighted by Crippen LogP contribution is 2.23. The molecule has 0 amide bonds. The van der Waals surface area contributed by atoms with Crippen molar-refractivity contribution in [3.8, 4) is 0 Å². The molecule has 0 aromatic carbocycles. The highest BCUT2D eigenvalue weighted by atomic mass is 16.5. The average molecular weight is 272 g/mol. The highest BCUT2D eigenvalue weighted by molar-refractivity contribution is 4.70. The molecule has 0 aromatic rings. The van der Waals surface area contributed by atoms with E-state index in [4.69, 9.17) is 9.47 Å². The fraction of sp³-hybridized carbons (Fsp3) is 1.00. The summed E-state index contributed by atoms with van der Waals surface area (Å²) in [6, 6.07) is 0. The summed E-state index contributed by atoms with van der Waals surface area (Å²) in [4.78, 5) is 0. The SMILES string of the molecule is CCC(C)COCC(CC(C)(C)C)OCC(C)CC. The first-order valence-corrected chi connectivity index (χ1v) is 7.97. The van der Waals surface area contributed by atoms with Crippen LogP contribution in [0.4, 0.5) is 0 Å². The molecule has 0 aliphatic rings. The summed E-state index contributed by atoms with van der Waals surface area (Å²) in [7, 11) is 0. The van der Waals surface area contributed by atoms with E-state index in [-0.39, 0.29) is 6.10 Å². The average Bonchev–Trinajstić information content (AvgIpc) is 2.33. The Kier molecular flexibility index (Phi) is 9.72. The molecule has 0 fully saturated rings. The summed E-state index contributed by atoms with van der Waals surface area (Å²) in [5.41, 5.74) is 0.292. The van der Waals surface area contributed by atoms with Crippen LogP contribution in [0.15, 0.2) is 0 Å². The monoisotopic (exact) mass is 272 g/mol. The summed E-state index contributed by atoms with van der Waals surface area (Å²) < 4.78 is 11.9. The Labute approximate surface area is 121 Å². The van der Waals surface area contributed by atoms with Gasteiger partial charge in [-0.05, 0) is 23.7 Å². The molecule has 0 rings (SSSR count). The van der Waals surface area contributed by atoms with Gasteiger partial charge in [-0.2, -0.15) is 0 Å². The maximum atomic E-state index is 6.06. The van der Waals surface area contributed by atoms with Gasteiger partial charge < -0.3 is 9.47 Å². The Bertz CT molecular complexity index is 208. The van der Waals surface area contributed by atoms with Crippen molar-refractivity contribution in [3.63, 3.8) is 0 Å². The molecule has 0 N–H and O–H groups in total. The van der Waals surface area contributed by atoms with E-state index >= 15 is 0 Å². The van der Waals surface area contributed by atoms with Crippen molar-refractivity contribution >= 4 is 0 Å². The topological polar surface area (TPSA) is 18.5 Å². The quantitative estimate of drug-likeness (QED) is 0.562. The second kappa shape index (κ2) is 9.77. The predicted molar refractivity (Wildman–Crippen MR) is 83.5 cm³/mol. The van der Waals surface area contributed by atoms with Crippen LogP contribution in [0.1, 0.15) is 67.7 Å². The minimum absolute atomic E-state index is 0.234. The molecule has 2 heteroatoms. The van der Waals surface area contributed by atoms with Crippen molar-refractivity contribution < 1.29 is 9.47 Å². The van der Waals surface area contributed by atoms with Crippen LogP contribution in [0.25, 0.3) is 0 Å². The second-order valence-corrected chi connectivity index (χ2v) is 7.28. The van der Waals surface area contributed by atoms with Crippen molar-refractivity contribution in [1.82, 2.24) is 0 Å². The first-order valence-electron chi connectivity index (χ1n) is 7.97. The van der Waals surface area contributed by atoms with Gasteiger partial charge in [0.1, 0.15) is 0 Å². The smallest absolute Gasteiger partial charge is 0.0813 e. The molecule has 0 saturated heterocycles. The normalized spacial score (nSPS) is 17.2. The van der Waals surface area contributed by atoms with Crippen LogP contribution in [0.2, 0.25) is 0 Å². The third kappa shape index (κ3) is 11.4. The lowest BCUT2D eigenvalue weighted by atomic mass is 9.89. The molecular formula is C17H36O2. The summed E-state index contributed by atoms with van der Waals surface area (Å²) in [5.74, 6) is 1.28. The largest absolute Gasteiger partial charge is 0.378 e. The minimum Gasteiger partial charge on any atom is -0.378 e. The lowest BCUT2D eigenvalue weighted by Crippen LogP contribution is -2.28. The fourth-order valence-corrected chi connectivity index (χ4v) is 1.79. The zero-order valence-electron chi connectivity index (χ0n) is 14.3. The first kappa shape index (κ1) is 18.9. The molecule has 116 valence electrons. The summed E-state index contributed by atoms with van der Waals surface area (Å²) in [6.45, 7) is 18.1.